The average Bonchev–Trinajstić information content (AvgIpc) is 2.60. The van der Waals surface area contributed by atoms with Crippen LogP contribution >= 0.6 is 0 Å². The largest absolute Gasteiger partial charge is 0.350 e. The molecule has 4 atom stereocenters. The highest BCUT2D eigenvalue weighted by atomic mass is 16.1. The van der Waals surface area contributed by atoms with Gasteiger partial charge in [0.25, 0.3) is 5.91 Å². The zero-order valence-electron chi connectivity index (χ0n) is 12.5. The maximum absolute atomic E-state index is 12.2. The Morgan fingerprint density at radius 3 is 2.77 bits per heavy atom. The van der Waals surface area contributed by atoms with E-state index >= 15 is 0 Å². The topological polar surface area (TPSA) is 56.1 Å². The molecule has 1 unspecified atom stereocenters. The molecule has 2 bridgehead atoms. The number of nitriles is 1. The molecule has 3 aliphatic rings. The molecule has 1 amide bonds. The minimum atomic E-state index is -0.0827. The summed E-state index contributed by atoms with van der Waals surface area (Å²) in [5.41, 5.74) is 1.16. The molecule has 0 radical (unpaired) electrons. The van der Waals surface area contributed by atoms with E-state index in [9.17, 15) is 4.79 Å². The molecule has 3 heterocycles. The summed E-state index contributed by atoms with van der Waals surface area (Å²) >= 11 is 0. The first-order valence-electron chi connectivity index (χ1n) is 7.70. The summed E-state index contributed by atoms with van der Waals surface area (Å²) in [4.78, 5) is 14.6. The van der Waals surface area contributed by atoms with Crippen molar-refractivity contribution in [3.63, 3.8) is 0 Å². The van der Waals surface area contributed by atoms with Gasteiger partial charge in [-0.15, -0.1) is 12.3 Å². The Morgan fingerprint density at radius 2 is 2.18 bits per heavy atom. The van der Waals surface area contributed by atoms with Crippen LogP contribution in [0.15, 0.2) is 24.3 Å². The molecule has 4 heteroatoms. The van der Waals surface area contributed by atoms with Gasteiger partial charge in [-0.1, -0.05) is 0 Å². The summed E-state index contributed by atoms with van der Waals surface area (Å²) in [6.07, 6.45) is 7.84. The molecular weight excluding hydrogens is 274 g/mol. The molecule has 0 aliphatic carbocycles. The third kappa shape index (κ3) is 2.84. The highest BCUT2D eigenvalue weighted by molar-refractivity contribution is 5.94. The van der Waals surface area contributed by atoms with Gasteiger partial charge < -0.3 is 5.32 Å². The first-order valence-corrected chi connectivity index (χ1v) is 7.70. The van der Waals surface area contributed by atoms with Crippen LogP contribution in [0.3, 0.4) is 0 Å². The van der Waals surface area contributed by atoms with Crippen LogP contribution in [-0.2, 0) is 0 Å². The van der Waals surface area contributed by atoms with Crippen LogP contribution in [0.1, 0.15) is 28.8 Å². The average molecular weight is 293 g/mol. The monoisotopic (exact) mass is 293 g/mol. The summed E-state index contributed by atoms with van der Waals surface area (Å²) in [5, 5.41) is 11.8. The van der Waals surface area contributed by atoms with E-state index < -0.39 is 0 Å². The molecular formula is C18H19N3O. The van der Waals surface area contributed by atoms with E-state index in [2.05, 4.69) is 22.2 Å². The van der Waals surface area contributed by atoms with Crippen molar-refractivity contribution in [2.24, 2.45) is 11.8 Å². The Bertz CT molecular complexity index is 638. The first kappa shape index (κ1) is 14.6. The van der Waals surface area contributed by atoms with Gasteiger partial charge in [0.15, 0.2) is 0 Å². The molecule has 0 aromatic heterocycles. The molecule has 112 valence electrons. The Balaban J connectivity index is 1.56. The molecule has 4 rings (SSSR count). The van der Waals surface area contributed by atoms with E-state index in [4.69, 9.17) is 11.7 Å². The second-order valence-corrected chi connectivity index (χ2v) is 6.11. The van der Waals surface area contributed by atoms with E-state index in [0.717, 1.165) is 19.5 Å². The van der Waals surface area contributed by atoms with Crippen molar-refractivity contribution in [1.82, 2.24) is 10.2 Å². The highest BCUT2D eigenvalue weighted by Crippen LogP contribution is 2.35. The first-order chi connectivity index (χ1) is 10.7. The third-order valence-corrected chi connectivity index (χ3v) is 4.87. The minimum absolute atomic E-state index is 0.0827. The Kier molecular flexibility index (Phi) is 4.13. The maximum Gasteiger partial charge on any atom is 0.251 e. The number of amides is 1. The number of carbonyl (C=O) groups excluding carboxylic acids is 1. The molecule has 4 nitrogen and oxygen atoms in total. The number of rotatable bonds is 3. The normalized spacial score (nSPS) is 29.4. The fraction of sp³-hybridized carbons (Fsp3) is 0.444. The Labute approximate surface area is 131 Å². The Hall–Kier alpha value is -2.30. The molecule has 1 aromatic rings. The van der Waals surface area contributed by atoms with Gasteiger partial charge in [-0.3, -0.25) is 9.69 Å². The van der Waals surface area contributed by atoms with Crippen LogP contribution in [0, 0.1) is 35.5 Å². The quantitative estimate of drug-likeness (QED) is 0.862. The SMILES string of the molecule is C#C[C@H]1CN2CC[C@H]1C[C@@H]2CNC(=O)c1ccc(C#N)cc1. The van der Waals surface area contributed by atoms with Crippen LogP contribution in [-0.4, -0.2) is 36.5 Å². The summed E-state index contributed by atoms with van der Waals surface area (Å²) in [6, 6.07) is 9.15. The van der Waals surface area contributed by atoms with Crippen molar-refractivity contribution in [2.45, 2.75) is 18.9 Å². The zero-order chi connectivity index (χ0) is 15.5. The molecule has 22 heavy (non-hydrogen) atoms. The Morgan fingerprint density at radius 1 is 1.41 bits per heavy atom. The molecule has 3 fully saturated rings. The molecule has 3 saturated heterocycles. The lowest BCUT2D eigenvalue weighted by atomic mass is 9.76. The summed E-state index contributed by atoms with van der Waals surface area (Å²) in [5.74, 6) is 3.80. The zero-order valence-corrected chi connectivity index (χ0v) is 12.5. The van der Waals surface area contributed by atoms with Gasteiger partial charge in [0.05, 0.1) is 11.6 Å². The second-order valence-electron chi connectivity index (χ2n) is 6.11. The highest BCUT2D eigenvalue weighted by Gasteiger charge is 2.39. The van der Waals surface area contributed by atoms with Gasteiger partial charge in [-0.2, -0.15) is 5.26 Å². The standard InChI is InChI=1S/C18H19N3O/c1-2-14-12-21-8-7-16(14)9-17(21)11-20-18(22)15-5-3-13(10-19)4-6-15/h1,3-6,14,16-17H,7-9,11-12H2,(H,20,22)/t14-,16-,17+/m0/s1. The third-order valence-electron chi connectivity index (χ3n) is 4.87. The summed E-state index contributed by atoms with van der Waals surface area (Å²) < 4.78 is 0. The van der Waals surface area contributed by atoms with E-state index in [1.165, 1.54) is 6.42 Å². The van der Waals surface area contributed by atoms with Crippen molar-refractivity contribution in [3.8, 4) is 18.4 Å². The predicted octanol–water partition coefficient (Wildman–Crippen LogP) is 1.63. The van der Waals surface area contributed by atoms with Crippen molar-refractivity contribution < 1.29 is 4.79 Å². The van der Waals surface area contributed by atoms with E-state index in [1.807, 2.05) is 0 Å². The number of carbonyl (C=O) groups is 1. The lowest BCUT2D eigenvalue weighted by Gasteiger charge is -2.48. The van der Waals surface area contributed by atoms with Gasteiger partial charge in [-0.25, -0.2) is 0 Å². The van der Waals surface area contributed by atoms with Crippen LogP contribution in [0.2, 0.25) is 0 Å². The molecule has 1 aromatic carbocycles. The molecule has 3 aliphatic heterocycles. The lowest BCUT2D eigenvalue weighted by molar-refractivity contribution is 0.0227. The number of benzene rings is 1. The number of nitrogens with zero attached hydrogens (tertiary/aromatic N) is 2. The number of hydrogen-bond acceptors (Lipinski definition) is 3. The summed E-state index contributed by atoms with van der Waals surface area (Å²) in [6.45, 7) is 2.70. The van der Waals surface area contributed by atoms with E-state index in [1.54, 1.807) is 24.3 Å². The van der Waals surface area contributed by atoms with Crippen LogP contribution in [0.4, 0.5) is 0 Å². The van der Waals surface area contributed by atoms with Crippen molar-refractivity contribution >= 4 is 5.91 Å². The van der Waals surface area contributed by atoms with Crippen LogP contribution < -0.4 is 5.32 Å². The van der Waals surface area contributed by atoms with Gasteiger partial charge >= 0.3 is 0 Å². The minimum Gasteiger partial charge on any atom is -0.350 e. The van der Waals surface area contributed by atoms with Crippen molar-refractivity contribution in [3.05, 3.63) is 35.4 Å². The fourth-order valence-corrected chi connectivity index (χ4v) is 3.55. The smallest absolute Gasteiger partial charge is 0.251 e. The number of nitrogens with one attached hydrogen (secondary N) is 1. The second kappa shape index (κ2) is 6.22. The van der Waals surface area contributed by atoms with Gasteiger partial charge in [0.1, 0.15) is 0 Å². The summed E-state index contributed by atoms with van der Waals surface area (Å²) in [7, 11) is 0. The predicted molar refractivity (Wildman–Crippen MR) is 83.9 cm³/mol. The van der Waals surface area contributed by atoms with Gasteiger partial charge in [0.2, 0.25) is 0 Å². The van der Waals surface area contributed by atoms with Crippen molar-refractivity contribution in [2.75, 3.05) is 19.6 Å². The molecule has 1 N–H and O–H groups in total. The van der Waals surface area contributed by atoms with Gasteiger partial charge in [-0.05, 0) is 49.6 Å². The number of terminal acetylenes is 1. The van der Waals surface area contributed by atoms with Crippen LogP contribution in [0.5, 0.6) is 0 Å². The van der Waals surface area contributed by atoms with Crippen LogP contribution in [0.25, 0.3) is 0 Å². The fourth-order valence-electron chi connectivity index (χ4n) is 3.55. The number of piperidine rings is 3. The van der Waals surface area contributed by atoms with Crippen molar-refractivity contribution in [1.29, 1.82) is 5.26 Å². The lowest BCUT2D eigenvalue weighted by Crippen LogP contribution is -2.56. The van der Waals surface area contributed by atoms with E-state index in [-0.39, 0.29) is 5.91 Å². The number of fused-ring (bicyclic) bond motifs is 3. The van der Waals surface area contributed by atoms with Gasteiger partial charge in [0, 0.05) is 30.6 Å². The molecule has 0 saturated carbocycles. The number of hydrogen-bond donors (Lipinski definition) is 1. The van der Waals surface area contributed by atoms with E-state index in [0.29, 0.717) is 35.5 Å². The maximum atomic E-state index is 12.2. The molecule has 0 spiro atoms.